The van der Waals surface area contributed by atoms with E-state index >= 15 is 0 Å². The van der Waals surface area contributed by atoms with Crippen LogP contribution in [0.15, 0.2) is 12.1 Å². The Morgan fingerprint density at radius 3 is 2.61 bits per heavy atom. The van der Waals surface area contributed by atoms with Crippen molar-refractivity contribution in [2.24, 2.45) is 0 Å². The lowest BCUT2D eigenvalue weighted by Crippen LogP contribution is -2.41. The largest absolute Gasteiger partial charge is 0.507 e. The number of hydrogen-bond acceptors (Lipinski definition) is 3. The van der Waals surface area contributed by atoms with Gasteiger partial charge in [0, 0.05) is 30.2 Å². The molecule has 0 saturated heterocycles. The average molecular weight is 357 g/mol. The minimum Gasteiger partial charge on any atom is -0.507 e. The quantitative estimate of drug-likeness (QED) is 0.760. The van der Waals surface area contributed by atoms with Crippen LogP contribution in [-0.2, 0) is 17.8 Å². The number of carbonyl (C=O) groups is 1. The first kappa shape index (κ1) is 16.3. The summed E-state index contributed by atoms with van der Waals surface area (Å²) in [4.78, 5) is 13.9. The molecule has 0 spiro atoms. The van der Waals surface area contributed by atoms with Gasteiger partial charge in [-0.1, -0.05) is 23.2 Å². The number of phenols is 1. The van der Waals surface area contributed by atoms with Gasteiger partial charge in [-0.2, -0.15) is 0 Å². The van der Waals surface area contributed by atoms with Gasteiger partial charge in [0.25, 0.3) is 0 Å². The van der Waals surface area contributed by atoms with Crippen molar-refractivity contribution in [1.82, 2.24) is 9.47 Å². The maximum atomic E-state index is 12.2. The Balaban J connectivity index is 1.96. The fourth-order valence-corrected chi connectivity index (χ4v) is 3.22. The summed E-state index contributed by atoms with van der Waals surface area (Å²) >= 11 is 12.3. The average Bonchev–Trinajstić information content (AvgIpc) is 2.82. The van der Waals surface area contributed by atoms with E-state index in [4.69, 9.17) is 27.9 Å². The number of ether oxygens (including phenoxy) is 1. The molecule has 23 heavy (non-hydrogen) atoms. The van der Waals surface area contributed by atoms with Gasteiger partial charge in [0.2, 0.25) is 0 Å². The second-order valence-electron chi connectivity index (χ2n) is 6.64. The van der Waals surface area contributed by atoms with Crippen LogP contribution in [0.25, 0.3) is 10.9 Å². The third kappa shape index (κ3) is 2.95. The molecule has 5 nitrogen and oxygen atoms in total. The number of benzene rings is 1. The lowest BCUT2D eigenvalue weighted by molar-refractivity contribution is 0.0200. The first-order valence-electron chi connectivity index (χ1n) is 7.34. The molecule has 7 heteroatoms. The normalized spacial score (nSPS) is 14.9. The van der Waals surface area contributed by atoms with Gasteiger partial charge in [0.15, 0.2) is 0 Å². The van der Waals surface area contributed by atoms with Gasteiger partial charge < -0.3 is 19.3 Å². The summed E-state index contributed by atoms with van der Waals surface area (Å²) in [7, 11) is 0. The van der Waals surface area contributed by atoms with E-state index in [0.717, 1.165) is 5.69 Å². The molecule has 0 atom stereocenters. The van der Waals surface area contributed by atoms with Gasteiger partial charge in [-0.05, 0) is 26.8 Å². The van der Waals surface area contributed by atoms with Gasteiger partial charge in [-0.3, -0.25) is 0 Å². The van der Waals surface area contributed by atoms with Gasteiger partial charge in [0.05, 0.1) is 22.1 Å². The Labute approximate surface area is 144 Å². The topological polar surface area (TPSA) is 54.7 Å². The highest BCUT2D eigenvalue weighted by Gasteiger charge is 2.28. The molecule has 0 unspecified atom stereocenters. The standard InChI is InChI=1S/C16H18Cl2N2O3/c1-16(2,3)23-15(22)19-4-5-20-9(8-19)6-10-12(21)7-11(17)13(18)14(10)20/h6-7,21H,4-5,8H2,1-3H3. The molecule has 1 aliphatic rings. The molecule has 1 aromatic carbocycles. The molecule has 3 rings (SSSR count). The molecule has 1 amide bonds. The van der Waals surface area contributed by atoms with Crippen molar-refractivity contribution < 1.29 is 14.6 Å². The van der Waals surface area contributed by atoms with E-state index in [1.807, 2.05) is 31.4 Å². The second kappa shape index (κ2) is 5.49. The van der Waals surface area contributed by atoms with Crippen LogP contribution in [-0.4, -0.2) is 32.8 Å². The molecule has 2 heterocycles. The highest BCUT2D eigenvalue weighted by Crippen LogP contribution is 2.39. The van der Waals surface area contributed by atoms with Crippen molar-refractivity contribution in [1.29, 1.82) is 0 Å². The number of halogens is 2. The molecule has 1 aromatic heterocycles. The Kier molecular flexibility index (Phi) is 3.89. The summed E-state index contributed by atoms with van der Waals surface area (Å²) in [5.74, 6) is 0.0834. The summed E-state index contributed by atoms with van der Waals surface area (Å²) in [6, 6.07) is 3.27. The summed E-state index contributed by atoms with van der Waals surface area (Å²) < 4.78 is 7.40. The van der Waals surface area contributed by atoms with E-state index < -0.39 is 5.60 Å². The van der Waals surface area contributed by atoms with Crippen LogP contribution in [0.4, 0.5) is 4.79 Å². The summed E-state index contributed by atoms with van der Waals surface area (Å²) in [6.07, 6.45) is -0.345. The molecule has 0 fully saturated rings. The number of phenolic OH excluding ortho intramolecular Hbond substituents is 1. The van der Waals surface area contributed by atoms with Crippen LogP contribution in [0.3, 0.4) is 0 Å². The molecular formula is C16H18Cl2N2O3. The Bertz CT molecular complexity index is 793. The number of amides is 1. The zero-order valence-corrected chi connectivity index (χ0v) is 14.7. The number of rotatable bonds is 0. The van der Waals surface area contributed by atoms with Gasteiger partial charge >= 0.3 is 6.09 Å². The molecule has 124 valence electrons. The lowest BCUT2D eigenvalue weighted by atomic mass is 10.2. The highest BCUT2D eigenvalue weighted by molar-refractivity contribution is 6.45. The van der Waals surface area contributed by atoms with Crippen LogP contribution in [0.1, 0.15) is 26.5 Å². The van der Waals surface area contributed by atoms with Crippen LogP contribution in [0, 0.1) is 0 Å². The fraction of sp³-hybridized carbons (Fsp3) is 0.438. The predicted molar refractivity (Wildman–Crippen MR) is 90.3 cm³/mol. The number of fused-ring (bicyclic) bond motifs is 3. The predicted octanol–water partition coefficient (Wildman–Crippen LogP) is 4.40. The maximum Gasteiger partial charge on any atom is 0.410 e. The Morgan fingerprint density at radius 1 is 1.26 bits per heavy atom. The van der Waals surface area contributed by atoms with Crippen molar-refractivity contribution in [2.75, 3.05) is 6.54 Å². The van der Waals surface area contributed by atoms with Gasteiger partial charge in [-0.25, -0.2) is 4.79 Å². The van der Waals surface area contributed by atoms with Crippen molar-refractivity contribution in [3.8, 4) is 5.75 Å². The minimum absolute atomic E-state index is 0.0834. The second-order valence-corrected chi connectivity index (χ2v) is 7.43. The summed E-state index contributed by atoms with van der Waals surface area (Å²) in [6.45, 7) is 6.99. The third-order valence-corrected chi connectivity index (χ3v) is 4.52. The van der Waals surface area contributed by atoms with Crippen LogP contribution < -0.4 is 0 Å². The molecule has 0 aliphatic carbocycles. The molecule has 1 N–H and O–H groups in total. The van der Waals surface area contributed by atoms with E-state index in [1.54, 1.807) is 4.90 Å². The third-order valence-electron chi connectivity index (χ3n) is 3.74. The van der Waals surface area contributed by atoms with Crippen LogP contribution in [0.5, 0.6) is 5.75 Å². The first-order valence-corrected chi connectivity index (χ1v) is 8.10. The molecule has 0 bridgehead atoms. The minimum atomic E-state index is -0.531. The van der Waals surface area contributed by atoms with E-state index in [-0.39, 0.29) is 11.8 Å². The molecular weight excluding hydrogens is 339 g/mol. The number of hydrogen-bond donors (Lipinski definition) is 1. The van der Waals surface area contributed by atoms with Crippen LogP contribution in [0.2, 0.25) is 10.0 Å². The van der Waals surface area contributed by atoms with Gasteiger partial charge in [-0.15, -0.1) is 0 Å². The smallest absolute Gasteiger partial charge is 0.410 e. The number of aromatic hydroxyl groups is 1. The lowest BCUT2D eigenvalue weighted by Gasteiger charge is -2.31. The molecule has 2 aromatic rings. The van der Waals surface area contributed by atoms with E-state index in [9.17, 15) is 9.90 Å². The van der Waals surface area contributed by atoms with Crippen molar-refractivity contribution >= 4 is 40.2 Å². The van der Waals surface area contributed by atoms with E-state index in [2.05, 4.69) is 0 Å². The zero-order chi connectivity index (χ0) is 16.9. The number of nitrogens with zero attached hydrogens (tertiary/aromatic N) is 2. The van der Waals surface area contributed by atoms with Crippen LogP contribution >= 0.6 is 23.2 Å². The summed E-state index contributed by atoms with van der Waals surface area (Å²) in [5.41, 5.74) is 1.06. The van der Waals surface area contributed by atoms with E-state index in [0.29, 0.717) is 40.6 Å². The van der Waals surface area contributed by atoms with Crippen molar-refractivity contribution in [3.05, 3.63) is 27.9 Å². The first-order chi connectivity index (χ1) is 10.7. The van der Waals surface area contributed by atoms with Gasteiger partial charge in [0.1, 0.15) is 11.4 Å². The number of aromatic nitrogens is 1. The number of carbonyl (C=O) groups excluding carboxylic acids is 1. The van der Waals surface area contributed by atoms with Crippen molar-refractivity contribution in [2.45, 2.75) is 39.5 Å². The van der Waals surface area contributed by atoms with E-state index in [1.165, 1.54) is 6.07 Å². The monoisotopic (exact) mass is 356 g/mol. The zero-order valence-electron chi connectivity index (χ0n) is 13.2. The Hall–Kier alpha value is -1.59. The Morgan fingerprint density at radius 2 is 1.96 bits per heavy atom. The fourth-order valence-electron chi connectivity index (χ4n) is 2.77. The molecule has 0 saturated carbocycles. The molecule has 1 aliphatic heterocycles. The molecule has 0 radical (unpaired) electrons. The maximum absolute atomic E-state index is 12.2. The summed E-state index contributed by atoms with van der Waals surface area (Å²) in [5, 5.41) is 11.5. The SMILES string of the molecule is CC(C)(C)OC(=O)N1CCn2c(cc3c(O)cc(Cl)c(Cl)c32)C1. The van der Waals surface area contributed by atoms with Crippen molar-refractivity contribution in [3.63, 3.8) is 0 Å². The highest BCUT2D eigenvalue weighted by atomic mass is 35.5.